The summed E-state index contributed by atoms with van der Waals surface area (Å²) in [6.07, 6.45) is 0. The average molecular weight is 451 g/mol. The Labute approximate surface area is 158 Å². The molecule has 25 heavy (non-hydrogen) atoms. The summed E-state index contributed by atoms with van der Waals surface area (Å²) in [5, 5.41) is 0.0407. The first kappa shape index (κ1) is 19.8. The number of carbonyl (C=O) groups excluding carboxylic acids is 1. The Hall–Kier alpha value is -1.48. The molecule has 0 fully saturated rings. The van der Waals surface area contributed by atoms with Gasteiger partial charge in [0.15, 0.2) is 0 Å². The van der Waals surface area contributed by atoms with Gasteiger partial charge in [-0.25, -0.2) is 21.9 Å². The molecule has 0 amide bonds. The van der Waals surface area contributed by atoms with Crippen LogP contribution in [0.4, 0.5) is 4.39 Å². The zero-order valence-corrected chi connectivity index (χ0v) is 16.5. The highest BCUT2D eigenvalue weighted by atomic mass is 79.9. The van der Waals surface area contributed by atoms with E-state index >= 15 is 0 Å². The predicted octanol–water partition coefficient (Wildman–Crippen LogP) is 3.85. The number of hydrogen-bond donors (Lipinski definition) is 0. The van der Waals surface area contributed by atoms with E-state index in [1.807, 2.05) is 0 Å². The molecule has 0 spiro atoms. The summed E-state index contributed by atoms with van der Waals surface area (Å²) in [7, 11) is -0.980. The molecule has 5 nitrogen and oxygen atoms in total. The van der Waals surface area contributed by atoms with Crippen LogP contribution in [-0.4, -0.2) is 32.8 Å². The molecule has 0 bridgehead atoms. The minimum atomic E-state index is -3.73. The molecular weight excluding hydrogens is 437 g/mol. The molecule has 0 aliphatic heterocycles. The molecule has 0 heterocycles. The van der Waals surface area contributed by atoms with Gasteiger partial charge in [-0.1, -0.05) is 33.6 Å². The molecule has 0 aliphatic rings. The number of hydrogen-bond acceptors (Lipinski definition) is 4. The number of carbonyl (C=O) groups is 1. The smallest absolute Gasteiger partial charge is 0.340 e. The van der Waals surface area contributed by atoms with Crippen molar-refractivity contribution in [3.05, 3.63) is 62.8 Å². The Balaban J connectivity index is 2.24. The molecule has 0 N–H and O–H groups in total. The largest absolute Gasteiger partial charge is 0.457 e. The van der Waals surface area contributed by atoms with Crippen molar-refractivity contribution < 1.29 is 22.3 Å². The van der Waals surface area contributed by atoms with Crippen molar-refractivity contribution in [1.29, 1.82) is 0 Å². The maximum Gasteiger partial charge on any atom is 0.340 e. The van der Waals surface area contributed by atoms with E-state index in [1.165, 1.54) is 38.4 Å². The molecule has 0 atom stereocenters. The Bertz CT molecular complexity index is 918. The van der Waals surface area contributed by atoms with Crippen molar-refractivity contribution >= 4 is 43.5 Å². The Morgan fingerprint density at radius 3 is 2.52 bits per heavy atom. The quantitative estimate of drug-likeness (QED) is 0.649. The number of esters is 1. The van der Waals surface area contributed by atoms with Crippen molar-refractivity contribution in [3.8, 4) is 0 Å². The van der Waals surface area contributed by atoms with Crippen molar-refractivity contribution in [1.82, 2.24) is 4.31 Å². The fourth-order valence-electron chi connectivity index (χ4n) is 1.89. The van der Waals surface area contributed by atoms with Gasteiger partial charge in [-0.05, 0) is 30.3 Å². The molecular formula is C16H14BrClFNO4S. The number of rotatable bonds is 5. The molecule has 0 radical (unpaired) electrons. The van der Waals surface area contributed by atoms with Crippen molar-refractivity contribution in [2.45, 2.75) is 11.5 Å². The SMILES string of the molecule is CN(C)S(=O)(=O)c1ccc(Cl)c(C(=O)OCc2ccc(Br)cc2F)c1. The number of benzene rings is 2. The van der Waals surface area contributed by atoms with Crippen LogP contribution in [0.3, 0.4) is 0 Å². The van der Waals surface area contributed by atoms with E-state index in [0.717, 1.165) is 10.4 Å². The van der Waals surface area contributed by atoms with Crippen LogP contribution in [0, 0.1) is 5.82 Å². The highest BCUT2D eigenvalue weighted by Gasteiger charge is 2.21. The van der Waals surface area contributed by atoms with Crippen LogP contribution >= 0.6 is 27.5 Å². The zero-order chi connectivity index (χ0) is 18.8. The standard InChI is InChI=1S/C16H14BrClFNO4S/c1-20(2)25(22,23)12-5-6-14(18)13(8-12)16(21)24-9-10-3-4-11(17)7-15(10)19/h3-8H,9H2,1-2H3. The lowest BCUT2D eigenvalue weighted by atomic mass is 10.2. The van der Waals surface area contributed by atoms with Crippen LogP contribution in [-0.2, 0) is 21.4 Å². The Kier molecular flexibility index (Phi) is 6.21. The van der Waals surface area contributed by atoms with E-state index < -0.39 is 21.8 Å². The van der Waals surface area contributed by atoms with E-state index in [-0.39, 0.29) is 27.7 Å². The van der Waals surface area contributed by atoms with Gasteiger partial charge in [0.05, 0.1) is 15.5 Å². The van der Waals surface area contributed by atoms with E-state index in [2.05, 4.69) is 15.9 Å². The molecule has 134 valence electrons. The van der Waals surface area contributed by atoms with Gasteiger partial charge in [0.25, 0.3) is 0 Å². The van der Waals surface area contributed by atoms with Crippen LogP contribution in [0.15, 0.2) is 45.8 Å². The lowest BCUT2D eigenvalue weighted by molar-refractivity contribution is 0.0469. The van der Waals surface area contributed by atoms with Crippen LogP contribution in [0.25, 0.3) is 0 Å². The van der Waals surface area contributed by atoms with E-state index in [4.69, 9.17) is 16.3 Å². The van der Waals surface area contributed by atoms with Crippen LogP contribution in [0.1, 0.15) is 15.9 Å². The zero-order valence-electron chi connectivity index (χ0n) is 13.3. The predicted molar refractivity (Wildman–Crippen MR) is 95.5 cm³/mol. The van der Waals surface area contributed by atoms with E-state index in [9.17, 15) is 17.6 Å². The van der Waals surface area contributed by atoms with Gasteiger partial charge in [-0.15, -0.1) is 0 Å². The van der Waals surface area contributed by atoms with Gasteiger partial charge < -0.3 is 4.74 Å². The van der Waals surface area contributed by atoms with Crippen molar-refractivity contribution in [2.75, 3.05) is 14.1 Å². The minimum Gasteiger partial charge on any atom is -0.457 e. The highest BCUT2D eigenvalue weighted by molar-refractivity contribution is 9.10. The maximum absolute atomic E-state index is 13.8. The average Bonchev–Trinajstić information content (AvgIpc) is 2.53. The summed E-state index contributed by atoms with van der Waals surface area (Å²) < 4.78 is 44.7. The van der Waals surface area contributed by atoms with Gasteiger partial charge in [0.2, 0.25) is 10.0 Å². The van der Waals surface area contributed by atoms with Crippen LogP contribution < -0.4 is 0 Å². The maximum atomic E-state index is 13.8. The second kappa shape index (κ2) is 7.82. The van der Waals surface area contributed by atoms with Crippen LogP contribution in [0.5, 0.6) is 0 Å². The molecule has 0 aromatic heterocycles. The minimum absolute atomic E-state index is 0.0407. The van der Waals surface area contributed by atoms with Crippen molar-refractivity contribution in [2.24, 2.45) is 0 Å². The van der Waals surface area contributed by atoms with E-state index in [1.54, 1.807) is 6.07 Å². The van der Waals surface area contributed by atoms with Gasteiger partial charge in [0.1, 0.15) is 12.4 Å². The third kappa shape index (κ3) is 4.58. The summed E-state index contributed by atoms with van der Waals surface area (Å²) in [6.45, 7) is -0.307. The first-order valence-corrected chi connectivity index (χ1v) is 9.57. The molecule has 2 aromatic rings. The topological polar surface area (TPSA) is 63.7 Å². The second-order valence-corrected chi connectivity index (χ2v) is 8.72. The van der Waals surface area contributed by atoms with Gasteiger partial charge in [-0.3, -0.25) is 0 Å². The molecule has 0 aliphatic carbocycles. The van der Waals surface area contributed by atoms with Crippen LogP contribution in [0.2, 0.25) is 5.02 Å². The Morgan fingerprint density at radius 2 is 1.92 bits per heavy atom. The fourth-order valence-corrected chi connectivity index (χ4v) is 3.35. The molecule has 0 saturated heterocycles. The molecule has 2 rings (SSSR count). The summed E-state index contributed by atoms with van der Waals surface area (Å²) in [6, 6.07) is 8.07. The summed E-state index contributed by atoms with van der Waals surface area (Å²) >= 11 is 9.10. The molecule has 9 heteroatoms. The number of ether oxygens (including phenoxy) is 1. The highest BCUT2D eigenvalue weighted by Crippen LogP contribution is 2.23. The molecule has 0 saturated carbocycles. The number of nitrogens with zero attached hydrogens (tertiary/aromatic N) is 1. The van der Waals surface area contributed by atoms with Gasteiger partial charge >= 0.3 is 5.97 Å². The second-order valence-electron chi connectivity index (χ2n) is 5.24. The summed E-state index contributed by atoms with van der Waals surface area (Å²) in [5.41, 5.74) is 0.0758. The van der Waals surface area contributed by atoms with Gasteiger partial charge in [0, 0.05) is 24.1 Å². The monoisotopic (exact) mass is 449 g/mol. The first-order valence-electron chi connectivity index (χ1n) is 6.96. The third-order valence-corrected chi connectivity index (χ3v) is 5.94. The molecule has 0 unspecified atom stereocenters. The normalized spacial score (nSPS) is 11.6. The lowest BCUT2D eigenvalue weighted by Crippen LogP contribution is -2.22. The van der Waals surface area contributed by atoms with E-state index in [0.29, 0.717) is 4.47 Å². The van der Waals surface area contributed by atoms with Gasteiger partial charge in [-0.2, -0.15) is 0 Å². The lowest BCUT2D eigenvalue weighted by Gasteiger charge is -2.13. The summed E-state index contributed by atoms with van der Waals surface area (Å²) in [5.74, 6) is -1.37. The summed E-state index contributed by atoms with van der Waals surface area (Å²) in [4.78, 5) is 12.1. The fraction of sp³-hybridized carbons (Fsp3) is 0.188. The van der Waals surface area contributed by atoms with Crippen molar-refractivity contribution in [3.63, 3.8) is 0 Å². The first-order chi connectivity index (χ1) is 11.6. The Morgan fingerprint density at radius 1 is 1.24 bits per heavy atom. The molecule has 2 aromatic carbocycles. The number of halogens is 3. The third-order valence-electron chi connectivity index (χ3n) is 3.31. The number of sulfonamides is 1.